The molecule has 1 atom stereocenters. The van der Waals surface area contributed by atoms with Gasteiger partial charge in [0.25, 0.3) is 0 Å². The standard InChI is InChI=1S/C11H22N2O2/c1-10(2,3)15-9(14)13-7-6-8(12)11(13,4)5/h8H,6-7,12H2,1-5H3/t8-/m1/s1. The average Bonchev–Trinajstić information content (AvgIpc) is 2.23. The number of amides is 1. The molecule has 1 aliphatic heterocycles. The maximum absolute atomic E-state index is 11.9. The van der Waals surface area contributed by atoms with Crippen LogP contribution in [0.5, 0.6) is 0 Å². The number of nitrogens with two attached hydrogens (primary N) is 1. The van der Waals surface area contributed by atoms with Crippen molar-refractivity contribution >= 4 is 6.09 Å². The predicted molar refractivity (Wildman–Crippen MR) is 59.6 cm³/mol. The lowest BCUT2D eigenvalue weighted by Gasteiger charge is -2.35. The predicted octanol–water partition coefficient (Wildman–Crippen LogP) is 1.73. The summed E-state index contributed by atoms with van der Waals surface area (Å²) in [5, 5.41) is 0. The van der Waals surface area contributed by atoms with Crippen LogP contribution in [0.1, 0.15) is 41.0 Å². The third kappa shape index (κ3) is 2.62. The molecule has 4 heteroatoms. The zero-order chi connectivity index (χ0) is 11.9. The van der Waals surface area contributed by atoms with E-state index >= 15 is 0 Å². The molecule has 0 aromatic heterocycles. The van der Waals surface area contributed by atoms with Crippen molar-refractivity contribution in [2.24, 2.45) is 5.73 Å². The first-order valence-electron chi connectivity index (χ1n) is 5.41. The van der Waals surface area contributed by atoms with Crippen molar-refractivity contribution in [2.45, 2.75) is 58.2 Å². The molecule has 2 N–H and O–H groups in total. The molecule has 0 spiro atoms. The van der Waals surface area contributed by atoms with Gasteiger partial charge in [-0.25, -0.2) is 4.79 Å². The highest BCUT2D eigenvalue weighted by atomic mass is 16.6. The highest BCUT2D eigenvalue weighted by Crippen LogP contribution is 2.28. The summed E-state index contributed by atoms with van der Waals surface area (Å²) in [5.74, 6) is 0. The molecule has 0 aromatic rings. The van der Waals surface area contributed by atoms with Gasteiger partial charge in [0.2, 0.25) is 0 Å². The lowest BCUT2D eigenvalue weighted by atomic mass is 9.97. The van der Waals surface area contributed by atoms with E-state index in [1.807, 2.05) is 34.6 Å². The van der Waals surface area contributed by atoms with Crippen molar-refractivity contribution in [2.75, 3.05) is 6.54 Å². The van der Waals surface area contributed by atoms with E-state index in [9.17, 15) is 4.79 Å². The van der Waals surface area contributed by atoms with E-state index in [1.165, 1.54) is 0 Å². The fraction of sp³-hybridized carbons (Fsp3) is 0.909. The Morgan fingerprint density at radius 3 is 2.33 bits per heavy atom. The number of carbonyl (C=O) groups is 1. The molecule has 1 heterocycles. The monoisotopic (exact) mass is 214 g/mol. The number of carbonyl (C=O) groups excluding carboxylic acids is 1. The summed E-state index contributed by atoms with van der Waals surface area (Å²) in [6.07, 6.45) is 0.576. The van der Waals surface area contributed by atoms with Crippen LogP contribution in [0, 0.1) is 0 Å². The Morgan fingerprint density at radius 2 is 2.00 bits per heavy atom. The molecule has 88 valence electrons. The van der Waals surface area contributed by atoms with Crippen molar-refractivity contribution in [1.82, 2.24) is 4.90 Å². The van der Waals surface area contributed by atoms with E-state index in [0.29, 0.717) is 6.54 Å². The number of hydrogen-bond acceptors (Lipinski definition) is 3. The Hall–Kier alpha value is -0.770. The van der Waals surface area contributed by atoms with Crippen molar-refractivity contribution < 1.29 is 9.53 Å². The zero-order valence-corrected chi connectivity index (χ0v) is 10.3. The van der Waals surface area contributed by atoms with E-state index < -0.39 is 5.60 Å². The highest BCUT2D eigenvalue weighted by Gasteiger charge is 2.43. The highest BCUT2D eigenvalue weighted by molar-refractivity contribution is 5.69. The van der Waals surface area contributed by atoms with Gasteiger partial charge in [-0.05, 0) is 41.0 Å². The first kappa shape index (κ1) is 12.3. The Balaban J connectivity index is 2.70. The third-order valence-corrected chi connectivity index (χ3v) is 2.88. The second-order valence-corrected chi connectivity index (χ2v) is 5.68. The smallest absolute Gasteiger partial charge is 0.410 e. The molecule has 1 aliphatic rings. The van der Waals surface area contributed by atoms with Gasteiger partial charge >= 0.3 is 6.09 Å². The molecule has 1 amide bonds. The van der Waals surface area contributed by atoms with Crippen LogP contribution >= 0.6 is 0 Å². The molecule has 0 saturated carbocycles. The summed E-state index contributed by atoms with van der Waals surface area (Å²) in [6, 6.07) is 0.0324. The summed E-state index contributed by atoms with van der Waals surface area (Å²) in [5.41, 5.74) is 5.21. The lowest BCUT2D eigenvalue weighted by Crippen LogP contribution is -2.52. The molecule has 1 fully saturated rings. The van der Waals surface area contributed by atoms with Crippen LogP contribution in [0.2, 0.25) is 0 Å². The minimum Gasteiger partial charge on any atom is -0.444 e. The van der Waals surface area contributed by atoms with Crippen LogP contribution < -0.4 is 5.73 Å². The minimum atomic E-state index is -0.445. The lowest BCUT2D eigenvalue weighted by molar-refractivity contribution is 0.0120. The molecule has 1 saturated heterocycles. The van der Waals surface area contributed by atoms with E-state index in [0.717, 1.165) is 6.42 Å². The Bertz CT molecular complexity index is 256. The van der Waals surface area contributed by atoms with Crippen molar-refractivity contribution in [3.63, 3.8) is 0 Å². The second kappa shape index (κ2) is 3.67. The van der Waals surface area contributed by atoms with Crippen LogP contribution in [0.15, 0.2) is 0 Å². The van der Waals surface area contributed by atoms with Gasteiger partial charge in [0.1, 0.15) is 5.60 Å². The minimum absolute atomic E-state index is 0.0324. The number of rotatable bonds is 0. The van der Waals surface area contributed by atoms with Gasteiger partial charge < -0.3 is 15.4 Å². The van der Waals surface area contributed by atoms with Crippen LogP contribution in [-0.2, 0) is 4.74 Å². The van der Waals surface area contributed by atoms with E-state index in [2.05, 4.69) is 0 Å². The average molecular weight is 214 g/mol. The number of nitrogens with zero attached hydrogens (tertiary/aromatic N) is 1. The molecule has 0 aromatic carbocycles. The summed E-state index contributed by atoms with van der Waals surface area (Å²) in [4.78, 5) is 13.6. The first-order valence-corrected chi connectivity index (χ1v) is 5.41. The zero-order valence-electron chi connectivity index (χ0n) is 10.3. The normalized spacial score (nSPS) is 25.5. The van der Waals surface area contributed by atoms with Gasteiger partial charge in [-0.3, -0.25) is 0 Å². The van der Waals surface area contributed by atoms with Gasteiger partial charge in [0, 0.05) is 12.6 Å². The van der Waals surface area contributed by atoms with Crippen molar-refractivity contribution in [3.05, 3.63) is 0 Å². The Kier molecular flexibility index (Phi) is 3.01. The van der Waals surface area contributed by atoms with Crippen molar-refractivity contribution in [1.29, 1.82) is 0 Å². The summed E-state index contributed by atoms with van der Waals surface area (Å²) < 4.78 is 5.34. The van der Waals surface area contributed by atoms with Gasteiger partial charge in [0.05, 0.1) is 5.54 Å². The number of hydrogen-bond donors (Lipinski definition) is 1. The van der Waals surface area contributed by atoms with Gasteiger partial charge in [0.15, 0.2) is 0 Å². The maximum Gasteiger partial charge on any atom is 0.410 e. The van der Waals surface area contributed by atoms with E-state index in [-0.39, 0.29) is 17.7 Å². The maximum atomic E-state index is 11.9. The van der Waals surface area contributed by atoms with Crippen LogP contribution in [0.4, 0.5) is 4.79 Å². The fourth-order valence-corrected chi connectivity index (χ4v) is 1.75. The molecule has 0 unspecified atom stereocenters. The third-order valence-electron chi connectivity index (χ3n) is 2.88. The Morgan fingerprint density at radius 1 is 1.47 bits per heavy atom. The summed E-state index contributed by atoms with van der Waals surface area (Å²) in [6.45, 7) is 10.3. The second-order valence-electron chi connectivity index (χ2n) is 5.68. The molecule has 1 rings (SSSR count). The summed E-state index contributed by atoms with van der Waals surface area (Å²) >= 11 is 0. The van der Waals surface area contributed by atoms with Crippen LogP contribution in [0.3, 0.4) is 0 Å². The molecule has 0 bridgehead atoms. The topological polar surface area (TPSA) is 55.6 Å². The molecular weight excluding hydrogens is 192 g/mol. The fourth-order valence-electron chi connectivity index (χ4n) is 1.75. The van der Waals surface area contributed by atoms with Crippen molar-refractivity contribution in [3.8, 4) is 0 Å². The number of ether oxygens (including phenoxy) is 1. The molecule has 15 heavy (non-hydrogen) atoms. The SMILES string of the molecule is CC(C)(C)OC(=O)N1CC[C@@H](N)C1(C)C. The number of likely N-dealkylation sites (tertiary alicyclic amines) is 1. The van der Waals surface area contributed by atoms with E-state index in [1.54, 1.807) is 4.90 Å². The van der Waals surface area contributed by atoms with Gasteiger partial charge in [-0.1, -0.05) is 0 Å². The first-order chi connectivity index (χ1) is 6.64. The molecule has 4 nitrogen and oxygen atoms in total. The molecular formula is C11H22N2O2. The Labute approximate surface area is 91.8 Å². The molecule has 0 radical (unpaired) electrons. The van der Waals surface area contributed by atoms with Gasteiger partial charge in [-0.15, -0.1) is 0 Å². The van der Waals surface area contributed by atoms with E-state index in [4.69, 9.17) is 10.5 Å². The quantitative estimate of drug-likeness (QED) is 0.668. The van der Waals surface area contributed by atoms with Crippen LogP contribution in [0.25, 0.3) is 0 Å². The summed E-state index contributed by atoms with van der Waals surface area (Å²) in [7, 11) is 0. The molecule has 0 aliphatic carbocycles. The largest absolute Gasteiger partial charge is 0.444 e. The van der Waals surface area contributed by atoms with Gasteiger partial charge in [-0.2, -0.15) is 0 Å². The van der Waals surface area contributed by atoms with Crippen LogP contribution in [-0.4, -0.2) is 34.7 Å².